The molecular formula is C32H22S. The quantitative estimate of drug-likeness (QED) is 0.253. The van der Waals surface area contributed by atoms with Gasteiger partial charge < -0.3 is 0 Å². The summed E-state index contributed by atoms with van der Waals surface area (Å²) >= 11 is 1.87. The lowest BCUT2D eigenvalue weighted by Gasteiger charge is -2.28. The minimum atomic E-state index is -0.164. The Morgan fingerprint density at radius 2 is 1.15 bits per heavy atom. The van der Waals surface area contributed by atoms with Gasteiger partial charge in [0.25, 0.3) is 0 Å². The van der Waals surface area contributed by atoms with E-state index < -0.39 is 0 Å². The lowest BCUT2D eigenvalue weighted by atomic mass is 9.74. The van der Waals surface area contributed by atoms with Crippen LogP contribution < -0.4 is 0 Å². The zero-order valence-electron chi connectivity index (χ0n) is 18.4. The van der Waals surface area contributed by atoms with Gasteiger partial charge in [0.05, 0.1) is 0 Å². The first-order chi connectivity index (χ1) is 16.2. The van der Waals surface area contributed by atoms with Crippen LogP contribution in [-0.4, -0.2) is 0 Å². The van der Waals surface area contributed by atoms with Crippen LogP contribution in [0.2, 0.25) is 0 Å². The molecule has 0 radical (unpaired) electrons. The van der Waals surface area contributed by atoms with Crippen molar-refractivity contribution in [2.75, 3.05) is 0 Å². The van der Waals surface area contributed by atoms with E-state index in [2.05, 4.69) is 122 Å². The van der Waals surface area contributed by atoms with Crippen molar-refractivity contribution < 1.29 is 0 Å². The normalized spacial score (nSPS) is 13.8. The molecule has 0 nitrogen and oxygen atoms in total. The summed E-state index contributed by atoms with van der Waals surface area (Å²) in [5, 5.41) is 2.70. The molecule has 1 heterocycles. The van der Waals surface area contributed by atoms with E-state index in [1.54, 1.807) is 0 Å². The largest absolute Gasteiger partial charge is 0.135 e. The van der Waals surface area contributed by atoms with Crippen LogP contribution in [0, 0.1) is 0 Å². The monoisotopic (exact) mass is 438 g/mol. The van der Waals surface area contributed by atoms with Gasteiger partial charge in [-0.1, -0.05) is 91.0 Å². The molecule has 0 spiro atoms. The van der Waals surface area contributed by atoms with Crippen molar-refractivity contribution >= 4 is 31.5 Å². The van der Waals surface area contributed by atoms with Gasteiger partial charge in [-0.2, -0.15) is 0 Å². The molecular weight excluding hydrogens is 416 g/mol. The van der Waals surface area contributed by atoms with E-state index >= 15 is 0 Å². The Balaban J connectivity index is 1.42. The molecule has 0 amide bonds. The van der Waals surface area contributed by atoms with Gasteiger partial charge in [-0.3, -0.25) is 0 Å². The van der Waals surface area contributed by atoms with Crippen LogP contribution in [0.3, 0.4) is 0 Å². The maximum absolute atomic E-state index is 2.40. The predicted octanol–water partition coefficient (Wildman–Crippen LogP) is 9.06. The minimum absolute atomic E-state index is 0.164. The van der Waals surface area contributed by atoms with Crippen molar-refractivity contribution in [3.63, 3.8) is 0 Å². The van der Waals surface area contributed by atoms with E-state index in [1.807, 2.05) is 11.3 Å². The summed E-state index contributed by atoms with van der Waals surface area (Å²) < 4.78 is 2.70. The minimum Gasteiger partial charge on any atom is -0.135 e. The molecule has 0 fully saturated rings. The molecule has 0 aliphatic heterocycles. The summed E-state index contributed by atoms with van der Waals surface area (Å²) in [4.78, 5) is 0. The fourth-order valence-corrected chi connectivity index (χ4v) is 6.77. The fraction of sp³-hybridized carbons (Fsp3) is 0.0625. The molecule has 1 aliphatic carbocycles. The predicted molar refractivity (Wildman–Crippen MR) is 142 cm³/mol. The van der Waals surface area contributed by atoms with E-state index in [9.17, 15) is 0 Å². The molecule has 1 aliphatic rings. The molecule has 0 atom stereocenters. The van der Waals surface area contributed by atoms with Crippen LogP contribution in [0.1, 0.15) is 23.6 Å². The van der Waals surface area contributed by atoms with Gasteiger partial charge >= 0.3 is 0 Å². The molecule has 0 saturated heterocycles. The number of fused-ring (bicyclic) bond motifs is 6. The zero-order valence-corrected chi connectivity index (χ0v) is 19.2. The summed E-state index contributed by atoms with van der Waals surface area (Å²) in [5.41, 5.74) is 9.21. The van der Waals surface area contributed by atoms with Crippen molar-refractivity contribution in [1.82, 2.24) is 0 Å². The van der Waals surface area contributed by atoms with Crippen molar-refractivity contribution in [3.05, 3.63) is 132 Å². The van der Waals surface area contributed by atoms with Gasteiger partial charge in [-0.15, -0.1) is 11.3 Å². The Kier molecular flexibility index (Phi) is 3.95. The van der Waals surface area contributed by atoms with Gasteiger partial charge in [0.2, 0.25) is 0 Å². The van der Waals surface area contributed by atoms with E-state index in [1.165, 1.54) is 59.1 Å². The first-order valence-electron chi connectivity index (χ1n) is 11.4. The van der Waals surface area contributed by atoms with Gasteiger partial charge in [-0.25, -0.2) is 0 Å². The highest BCUT2D eigenvalue weighted by molar-refractivity contribution is 7.25. The summed E-state index contributed by atoms with van der Waals surface area (Å²) in [7, 11) is 0. The van der Waals surface area contributed by atoms with Gasteiger partial charge in [0.15, 0.2) is 0 Å². The lowest BCUT2D eigenvalue weighted by Crippen LogP contribution is -2.22. The van der Waals surface area contributed by atoms with E-state index in [0.29, 0.717) is 0 Å². The third-order valence-corrected chi connectivity index (χ3v) is 8.52. The molecule has 6 aromatic rings. The Morgan fingerprint density at radius 1 is 0.515 bits per heavy atom. The second-order valence-corrected chi connectivity index (χ2v) is 10.2. The molecule has 1 aromatic heterocycles. The van der Waals surface area contributed by atoms with Crippen LogP contribution in [-0.2, 0) is 5.41 Å². The standard InChI is InChI=1S/C32H22S/c1-32(28-14-5-2-11-24(28)25-12-3-6-15-29(25)32)23-10-8-9-21(19-23)22-17-18-31-27(20-22)26-13-4-7-16-30(26)33-31/h2-20H,1H3. The number of thiophene rings is 1. The van der Waals surface area contributed by atoms with Gasteiger partial charge in [-0.05, 0) is 70.1 Å². The third-order valence-electron chi connectivity index (χ3n) is 7.37. The smallest absolute Gasteiger partial charge is 0.0435 e. The van der Waals surface area contributed by atoms with Crippen molar-refractivity contribution in [1.29, 1.82) is 0 Å². The Hall–Kier alpha value is -3.68. The van der Waals surface area contributed by atoms with Crippen LogP contribution in [0.25, 0.3) is 42.4 Å². The second kappa shape index (κ2) is 6.91. The summed E-state index contributed by atoms with van der Waals surface area (Å²) in [6.45, 7) is 2.38. The molecule has 0 saturated carbocycles. The van der Waals surface area contributed by atoms with Crippen LogP contribution in [0.4, 0.5) is 0 Å². The van der Waals surface area contributed by atoms with Crippen molar-refractivity contribution in [3.8, 4) is 22.3 Å². The highest BCUT2D eigenvalue weighted by Crippen LogP contribution is 2.52. The SMILES string of the molecule is CC1(c2cccc(-c3ccc4sc5ccccc5c4c3)c2)c2ccccc2-c2ccccc21. The molecule has 156 valence electrons. The zero-order chi connectivity index (χ0) is 22.0. The average molecular weight is 439 g/mol. The molecule has 0 bridgehead atoms. The van der Waals surface area contributed by atoms with Crippen molar-refractivity contribution in [2.45, 2.75) is 12.3 Å². The summed E-state index contributed by atoms with van der Waals surface area (Å²) in [6.07, 6.45) is 0. The number of rotatable bonds is 2. The summed E-state index contributed by atoms with van der Waals surface area (Å²) in [5.74, 6) is 0. The Labute approximate surface area is 197 Å². The Bertz CT molecular complexity index is 1640. The molecule has 5 aromatic carbocycles. The van der Waals surface area contributed by atoms with Crippen molar-refractivity contribution in [2.24, 2.45) is 0 Å². The number of hydrogen-bond donors (Lipinski definition) is 0. The van der Waals surface area contributed by atoms with Crippen LogP contribution >= 0.6 is 11.3 Å². The van der Waals surface area contributed by atoms with E-state index in [4.69, 9.17) is 0 Å². The van der Waals surface area contributed by atoms with E-state index in [0.717, 1.165) is 0 Å². The molecule has 0 unspecified atom stereocenters. The molecule has 0 N–H and O–H groups in total. The van der Waals surface area contributed by atoms with Crippen LogP contribution in [0.5, 0.6) is 0 Å². The summed E-state index contributed by atoms with van der Waals surface area (Å²) in [6, 6.07) is 42.6. The van der Waals surface area contributed by atoms with Gasteiger partial charge in [0, 0.05) is 25.6 Å². The average Bonchev–Trinajstić information content (AvgIpc) is 3.38. The maximum Gasteiger partial charge on any atom is 0.0435 e. The number of benzene rings is 5. The van der Waals surface area contributed by atoms with Crippen LogP contribution in [0.15, 0.2) is 115 Å². The second-order valence-electron chi connectivity index (χ2n) is 9.11. The lowest BCUT2D eigenvalue weighted by molar-refractivity contribution is 0.714. The van der Waals surface area contributed by atoms with Gasteiger partial charge in [0.1, 0.15) is 0 Å². The highest BCUT2D eigenvalue weighted by Gasteiger charge is 2.40. The maximum atomic E-state index is 2.40. The molecule has 7 rings (SSSR count). The first kappa shape index (κ1) is 18.8. The fourth-order valence-electron chi connectivity index (χ4n) is 5.68. The Morgan fingerprint density at radius 3 is 1.94 bits per heavy atom. The topological polar surface area (TPSA) is 0 Å². The third kappa shape index (κ3) is 2.63. The highest BCUT2D eigenvalue weighted by atomic mass is 32.1. The van der Waals surface area contributed by atoms with E-state index in [-0.39, 0.29) is 5.41 Å². The first-order valence-corrected chi connectivity index (χ1v) is 12.3. The molecule has 1 heteroatoms. The number of hydrogen-bond acceptors (Lipinski definition) is 1. The molecule has 33 heavy (non-hydrogen) atoms.